The molecule has 8 heteroatoms. The number of aromatic nitrogens is 2. The molecule has 36 heavy (non-hydrogen) atoms. The zero-order valence-electron chi connectivity index (χ0n) is 20.5. The molecule has 1 aliphatic rings. The Morgan fingerprint density at radius 2 is 1.64 bits per heavy atom. The Morgan fingerprint density at radius 1 is 0.917 bits per heavy atom. The molecule has 0 fully saturated rings. The number of rotatable bonds is 6. The lowest BCUT2D eigenvalue weighted by atomic mass is 9.94. The minimum Gasteiger partial charge on any atom is -0.493 e. The number of anilines is 1. The molecule has 0 amide bonds. The average Bonchev–Trinajstić information content (AvgIpc) is 3.39. The van der Waals surface area contributed by atoms with Crippen molar-refractivity contribution >= 4 is 28.6 Å². The molecule has 1 unspecified atom stereocenters. The van der Waals surface area contributed by atoms with E-state index >= 15 is 0 Å². The Hall–Kier alpha value is -4.17. The van der Waals surface area contributed by atoms with Crippen LogP contribution in [0.2, 0.25) is 0 Å². The maximum Gasteiger partial charge on any atom is 0.258 e. The Balaban J connectivity index is 1.66. The van der Waals surface area contributed by atoms with E-state index in [0.29, 0.717) is 28.3 Å². The molecule has 2 heterocycles. The highest BCUT2D eigenvalue weighted by atomic mass is 32.1. The van der Waals surface area contributed by atoms with Gasteiger partial charge in [-0.1, -0.05) is 65.3 Å². The number of hydrogen-bond acceptors (Lipinski definition) is 6. The Morgan fingerprint density at radius 3 is 2.33 bits per heavy atom. The smallest absolute Gasteiger partial charge is 0.258 e. The van der Waals surface area contributed by atoms with Crippen molar-refractivity contribution < 1.29 is 14.0 Å². The number of allylic oxidation sites excluding steroid dienone is 1. The van der Waals surface area contributed by atoms with Gasteiger partial charge in [0.05, 0.1) is 31.5 Å². The molecule has 1 atom stereocenters. The van der Waals surface area contributed by atoms with E-state index in [0.717, 1.165) is 28.1 Å². The first-order valence-corrected chi connectivity index (χ1v) is 11.9. The predicted octanol–water partition coefficient (Wildman–Crippen LogP) is 5.93. The Labute approximate surface area is 215 Å². The van der Waals surface area contributed by atoms with Crippen LogP contribution in [-0.4, -0.2) is 29.5 Å². The fourth-order valence-electron chi connectivity index (χ4n) is 4.34. The lowest BCUT2D eigenvalue weighted by Gasteiger charge is -2.37. The first-order chi connectivity index (χ1) is 17.5. The standard InChI is InChI=1S/C28H26N4O3S/c1-17-10-12-19(13-11-17)25-24(27-30-26(31-35-27)20-8-6-5-7-9-20)18(2)32(28(36)29-25)21-14-15-22(33-3)23(16-21)34-4/h5-16,25H,1-4H3,(H,29,36). The lowest BCUT2D eigenvalue weighted by Crippen LogP contribution is -2.46. The highest BCUT2D eigenvalue weighted by molar-refractivity contribution is 7.80. The van der Waals surface area contributed by atoms with Gasteiger partial charge in [0.1, 0.15) is 0 Å². The van der Waals surface area contributed by atoms with E-state index in [1.54, 1.807) is 14.2 Å². The lowest BCUT2D eigenvalue weighted by molar-refractivity contribution is 0.355. The van der Waals surface area contributed by atoms with Gasteiger partial charge in [0.2, 0.25) is 5.82 Å². The summed E-state index contributed by atoms with van der Waals surface area (Å²) in [4.78, 5) is 6.72. The molecule has 4 aromatic rings. The quantitative estimate of drug-likeness (QED) is 0.328. The second-order valence-corrected chi connectivity index (χ2v) is 8.84. The van der Waals surface area contributed by atoms with Crippen molar-refractivity contribution in [1.82, 2.24) is 15.5 Å². The van der Waals surface area contributed by atoms with Crippen LogP contribution in [0.15, 0.2) is 83.0 Å². The molecule has 1 aliphatic heterocycles. The summed E-state index contributed by atoms with van der Waals surface area (Å²) in [7, 11) is 3.22. The maximum absolute atomic E-state index is 5.86. The highest BCUT2D eigenvalue weighted by Gasteiger charge is 2.35. The summed E-state index contributed by atoms with van der Waals surface area (Å²) in [5, 5.41) is 8.32. The Bertz CT molecular complexity index is 1430. The molecular formula is C28H26N4O3S. The van der Waals surface area contributed by atoms with Gasteiger partial charge in [-0.3, -0.25) is 4.90 Å². The third-order valence-electron chi connectivity index (χ3n) is 6.21. The van der Waals surface area contributed by atoms with Crippen molar-refractivity contribution in [3.05, 3.63) is 95.5 Å². The van der Waals surface area contributed by atoms with Gasteiger partial charge in [-0.2, -0.15) is 4.98 Å². The molecule has 1 N–H and O–H groups in total. The van der Waals surface area contributed by atoms with Crippen molar-refractivity contribution in [1.29, 1.82) is 0 Å². The van der Waals surface area contributed by atoms with Crippen molar-refractivity contribution in [3.63, 3.8) is 0 Å². The number of aryl methyl sites for hydroxylation is 1. The van der Waals surface area contributed by atoms with Crippen molar-refractivity contribution in [2.45, 2.75) is 19.9 Å². The number of benzene rings is 3. The van der Waals surface area contributed by atoms with Crippen LogP contribution in [0.5, 0.6) is 11.5 Å². The SMILES string of the molecule is COc1ccc(N2C(=S)NC(c3ccc(C)cc3)C(c3nc(-c4ccccc4)no3)=C2C)cc1OC. The molecule has 3 aromatic carbocycles. The van der Waals surface area contributed by atoms with Gasteiger partial charge < -0.3 is 19.3 Å². The van der Waals surface area contributed by atoms with E-state index in [1.807, 2.05) is 60.4 Å². The summed E-state index contributed by atoms with van der Waals surface area (Å²) in [5.41, 5.74) is 5.65. The molecule has 0 bridgehead atoms. The second kappa shape index (κ2) is 9.83. The third kappa shape index (κ3) is 4.31. The van der Waals surface area contributed by atoms with Crippen LogP contribution in [0.25, 0.3) is 17.0 Å². The van der Waals surface area contributed by atoms with Gasteiger partial charge in [0, 0.05) is 17.3 Å². The fraction of sp³-hybridized carbons (Fsp3) is 0.179. The van der Waals surface area contributed by atoms with Gasteiger partial charge in [-0.25, -0.2) is 0 Å². The number of methoxy groups -OCH3 is 2. The van der Waals surface area contributed by atoms with Gasteiger partial charge in [-0.15, -0.1) is 0 Å². The zero-order valence-corrected chi connectivity index (χ0v) is 21.3. The minimum atomic E-state index is -0.265. The van der Waals surface area contributed by atoms with Crippen LogP contribution in [-0.2, 0) is 0 Å². The van der Waals surface area contributed by atoms with Crippen LogP contribution >= 0.6 is 12.2 Å². The number of hydrogen-bond donors (Lipinski definition) is 1. The van der Waals surface area contributed by atoms with E-state index < -0.39 is 0 Å². The molecule has 182 valence electrons. The average molecular weight is 499 g/mol. The van der Waals surface area contributed by atoms with E-state index in [4.69, 9.17) is 31.2 Å². The van der Waals surface area contributed by atoms with Gasteiger partial charge in [0.25, 0.3) is 5.89 Å². The fourth-order valence-corrected chi connectivity index (χ4v) is 4.70. The largest absolute Gasteiger partial charge is 0.493 e. The van der Waals surface area contributed by atoms with E-state index in [2.05, 4.69) is 41.7 Å². The summed E-state index contributed by atoms with van der Waals surface area (Å²) >= 11 is 5.86. The van der Waals surface area contributed by atoms with Crippen LogP contribution in [0.3, 0.4) is 0 Å². The van der Waals surface area contributed by atoms with Crippen LogP contribution in [0.1, 0.15) is 30.0 Å². The predicted molar refractivity (Wildman–Crippen MR) is 144 cm³/mol. The molecule has 5 rings (SSSR count). The molecule has 0 radical (unpaired) electrons. The third-order valence-corrected chi connectivity index (χ3v) is 6.51. The zero-order chi connectivity index (χ0) is 25.2. The summed E-state index contributed by atoms with van der Waals surface area (Å²) in [5.74, 6) is 2.20. The summed E-state index contributed by atoms with van der Waals surface area (Å²) in [6.45, 7) is 4.07. The highest BCUT2D eigenvalue weighted by Crippen LogP contribution is 2.41. The van der Waals surface area contributed by atoms with E-state index in [9.17, 15) is 0 Å². The Kier molecular flexibility index (Phi) is 6.43. The van der Waals surface area contributed by atoms with Crippen molar-refractivity contribution in [2.75, 3.05) is 19.1 Å². The monoisotopic (exact) mass is 498 g/mol. The van der Waals surface area contributed by atoms with E-state index in [-0.39, 0.29) is 6.04 Å². The van der Waals surface area contributed by atoms with Gasteiger partial charge in [-0.05, 0) is 43.8 Å². The molecule has 0 saturated heterocycles. The topological polar surface area (TPSA) is 72.7 Å². The molecular weight excluding hydrogens is 472 g/mol. The molecule has 7 nitrogen and oxygen atoms in total. The maximum atomic E-state index is 5.86. The molecule has 1 aromatic heterocycles. The molecule has 0 saturated carbocycles. The van der Waals surface area contributed by atoms with Crippen molar-refractivity contribution in [3.8, 4) is 22.9 Å². The summed E-state index contributed by atoms with van der Waals surface area (Å²) in [6, 6.07) is 23.5. The number of thiocarbonyl (C=S) groups is 1. The molecule has 0 spiro atoms. The number of nitrogens with one attached hydrogen (secondary N) is 1. The minimum absolute atomic E-state index is 0.265. The number of ether oxygens (including phenoxy) is 2. The van der Waals surface area contributed by atoms with Gasteiger partial charge >= 0.3 is 0 Å². The first-order valence-electron chi connectivity index (χ1n) is 11.5. The second-order valence-electron chi connectivity index (χ2n) is 8.46. The molecule has 0 aliphatic carbocycles. The summed E-state index contributed by atoms with van der Waals surface area (Å²) in [6.07, 6.45) is 0. The van der Waals surface area contributed by atoms with Crippen molar-refractivity contribution in [2.24, 2.45) is 0 Å². The summed E-state index contributed by atoms with van der Waals surface area (Å²) < 4.78 is 16.8. The number of nitrogens with zero attached hydrogens (tertiary/aromatic N) is 3. The first kappa shape index (κ1) is 23.6. The normalized spacial score (nSPS) is 15.6. The van der Waals surface area contributed by atoms with Crippen LogP contribution in [0.4, 0.5) is 5.69 Å². The van der Waals surface area contributed by atoms with E-state index in [1.165, 1.54) is 5.56 Å². The van der Waals surface area contributed by atoms with Gasteiger partial charge in [0.15, 0.2) is 16.6 Å². The van der Waals surface area contributed by atoms with Crippen LogP contribution in [0, 0.1) is 6.92 Å². The van der Waals surface area contributed by atoms with Crippen LogP contribution < -0.4 is 19.7 Å².